The van der Waals surface area contributed by atoms with E-state index in [9.17, 15) is 4.79 Å². The van der Waals surface area contributed by atoms with Crippen LogP contribution in [0.1, 0.15) is 31.4 Å². The third kappa shape index (κ3) is 3.15. The summed E-state index contributed by atoms with van der Waals surface area (Å²) in [6.07, 6.45) is 7.76. The summed E-state index contributed by atoms with van der Waals surface area (Å²) in [5, 5.41) is 10.7. The van der Waals surface area contributed by atoms with Crippen LogP contribution in [0.15, 0.2) is 18.5 Å². The van der Waals surface area contributed by atoms with Crippen LogP contribution in [0.4, 0.5) is 5.82 Å². The number of nitrogens with one attached hydrogen (secondary N) is 2. The summed E-state index contributed by atoms with van der Waals surface area (Å²) >= 11 is 0. The van der Waals surface area contributed by atoms with Crippen LogP contribution in [0.3, 0.4) is 0 Å². The monoisotopic (exact) mass is 287 g/mol. The summed E-state index contributed by atoms with van der Waals surface area (Å²) in [5.41, 5.74) is 1.95. The van der Waals surface area contributed by atoms with Gasteiger partial charge in [0, 0.05) is 31.4 Å². The van der Waals surface area contributed by atoms with E-state index in [1.54, 1.807) is 6.20 Å². The van der Waals surface area contributed by atoms with Gasteiger partial charge in [-0.05, 0) is 32.3 Å². The van der Waals surface area contributed by atoms with Crippen molar-refractivity contribution in [3.05, 3.63) is 24.2 Å². The fourth-order valence-corrected chi connectivity index (χ4v) is 2.50. The molecule has 0 saturated heterocycles. The van der Waals surface area contributed by atoms with E-state index in [1.165, 1.54) is 6.42 Å². The first kappa shape index (κ1) is 13.9. The maximum atomic E-state index is 11.7. The lowest BCUT2D eigenvalue weighted by atomic mass is 9.85. The molecule has 0 aromatic carbocycles. The Hall–Kier alpha value is -2.11. The van der Waals surface area contributed by atoms with E-state index in [2.05, 4.69) is 20.7 Å². The van der Waals surface area contributed by atoms with Crippen LogP contribution in [0, 0.1) is 12.8 Å². The Morgan fingerprint density at radius 3 is 3.05 bits per heavy atom. The predicted molar refractivity (Wildman–Crippen MR) is 81.2 cm³/mol. The first-order valence-electron chi connectivity index (χ1n) is 7.56. The minimum Gasteiger partial charge on any atom is -0.368 e. The third-order valence-electron chi connectivity index (χ3n) is 3.93. The largest absolute Gasteiger partial charge is 0.368 e. The van der Waals surface area contributed by atoms with Gasteiger partial charge in [-0.25, -0.2) is 9.50 Å². The van der Waals surface area contributed by atoms with Crippen molar-refractivity contribution < 1.29 is 4.79 Å². The first-order chi connectivity index (χ1) is 10.2. The Bertz CT molecular complexity index is 632. The van der Waals surface area contributed by atoms with Crippen LogP contribution in [-0.2, 0) is 4.79 Å². The van der Waals surface area contributed by atoms with Crippen molar-refractivity contribution in [1.82, 2.24) is 19.9 Å². The maximum absolute atomic E-state index is 11.7. The molecule has 0 bridgehead atoms. The average Bonchev–Trinajstić information content (AvgIpc) is 2.77. The highest BCUT2D eigenvalue weighted by Crippen LogP contribution is 2.26. The Morgan fingerprint density at radius 1 is 1.43 bits per heavy atom. The number of rotatable bonds is 6. The Morgan fingerprint density at radius 2 is 2.29 bits per heavy atom. The number of amides is 1. The van der Waals surface area contributed by atoms with Crippen molar-refractivity contribution in [3.63, 3.8) is 0 Å². The van der Waals surface area contributed by atoms with Gasteiger partial charge in [0.25, 0.3) is 0 Å². The van der Waals surface area contributed by atoms with Crippen LogP contribution in [0.25, 0.3) is 5.52 Å². The molecule has 0 radical (unpaired) electrons. The molecule has 112 valence electrons. The summed E-state index contributed by atoms with van der Waals surface area (Å²) < 4.78 is 1.82. The number of aromatic nitrogens is 3. The highest BCUT2D eigenvalue weighted by molar-refractivity contribution is 5.79. The molecule has 0 unspecified atom stereocenters. The van der Waals surface area contributed by atoms with Gasteiger partial charge in [0.2, 0.25) is 5.91 Å². The maximum Gasteiger partial charge on any atom is 0.223 e. The van der Waals surface area contributed by atoms with Crippen LogP contribution < -0.4 is 10.6 Å². The smallest absolute Gasteiger partial charge is 0.223 e. The molecule has 2 aromatic rings. The number of hydrogen-bond donors (Lipinski definition) is 2. The minimum atomic E-state index is 0.216. The van der Waals surface area contributed by atoms with Crippen LogP contribution >= 0.6 is 0 Å². The number of aryl methyl sites for hydroxylation is 1. The van der Waals surface area contributed by atoms with Gasteiger partial charge in [-0.15, -0.1) is 0 Å². The number of anilines is 1. The van der Waals surface area contributed by atoms with E-state index < -0.39 is 0 Å². The molecule has 1 aliphatic rings. The second kappa shape index (κ2) is 6.11. The van der Waals surface area contributed by atoms with E-state index in [1.807, 2.05) is 23.7 Å². The van der Waals surface area contributed by atoms with Gasteiger partial charge in [0.05, 0.1) is 5.69 Å². The Kier molecular flexibility index (Phi) is 4.03. The molecule has 0 spiro atoms. The molecule has 3 rings (SSSR count). The van der Waals surface area contributed by atoms with Gasteiger partial charge in [-0.2, -0.15) is 5.10 Å². The van der Waals surface area contributed by atoms with Crippen molar-refractivity contribution in [3.8, 4) is 0 Å². The highest BCUT2D eigenvalue weighted by atomic mass is 16.1. The summed E-state index contributed by atoms with van der Waals surface area (Å²) in [7, 11) is 0. The quantitative estimate of drug-likeness (QED) is 0.794. The van der Waals surface area contributed by atoms with E-state index in [4.69, 9.17) is 0 Å². The van der Waals surface area contributed by atoms with Crippen molar-refractivity contribution in [1.29, 1.82) is 0 Å². The molecule has 1 aliphatic carbocycles. The van der Waals surface area contributed by atoms with E-state index in [-0.39, 0.29) is 11.8 Å². The zero-order valence-corrected chi connectivity index (χ0v) is 12.3. The van der Waals surface area contributed by atoms with E-state index in [0.29, 0.717) is 6.54 Å². The van der Waals surface area contributed by atoms with Gasteiger partial charge in [-0.1, -0.05) is 6.42 Å². The molecule has 0 aliphatic heterocycles. The van der Waals surface area contributed by atoms with Gasteiger partial charge in [0.15, 0.2) is 5.82 Å². The highest BCUT2D eigenvalue weighted by Gasteiger charge is 2.24. The Labute approximate surface area is 123 Å². The van der Waals surface area contributed by atoms with Crippen LogP contribution in [0.5, 0.6) is 0 Å². The summed E-state index contributed by atoms with van der Waals surface area (Å²) in [6, 6.07) is 2.01. The first-order valence-corrected chi connectivity index (χ1v) is 7.56. The number of fused-ring (bicyclic) bond motifs is 1. The predicted octanol–water partition coefficient (Wildman–Crippen LogP) is 1.76. The summed E-state index contributed by atoms with van der Waals surface area (Å²) in [6.45, 7) is 3.46. The molecule has 2 aromatic heterocycles. The lowest BCUT2D eigenvalue weighted by Crippen LogP contribution is -2.35. The molecule has 0 atom stereocenters. The molecular weight excluding hydrogens is 266 g/mol. The summed E-state index contributed by atoms with van der Waals surface area (Å²) in [5.74, 6) is 1.32. The number of nitrogens with zero attached hydrogens (tertiary/aromatic N) is 3. The molecule has 1 saturated carbocycles. The summed E-state index contributed by atoms with van der Waals surface area (Å²) in [4.78, 5) is 16.0. The number of carbonyl (C=O) groups excluding carboxylic acids is 1. The van der Waals surface area contributed by atoms with Crippen LogP contribution in [0.2, 0.25) is 0 Å². The van der Waals surface area contributed by atoms with Gasteiger partial charge < -0.3 is 10.6 Å². The second-order valence-corrected chi connectivity index (χ2v) is 5.59. The number of hydrogen-bond acceptors (Lipinski definition) is 4. The molecule has 2 heterocycles. The van der Waals surface area contributed by atoms with E-state index >= 15 is 0 Å². The van der Waals surface area contributed by atoms with Gasteiger partial charge in [-0.3, -0.25) is 4.79 Å². The molecular formula is C15H21N5O. The fraction of sp³-hybridized carbons (Fsp3) is 0.533. The van der Waals surface area contributed by atoms with E-state index in [0.717, 1.165) is 42.8 Å². The molecule has 6 heteroatoms. The minimum absolute atomic E-state index is 0.216. The SMILES string of the molecule is Cc1cc2c(NCCCNC(=O)C3CCC3)nccn2n1. The molecule has 1 fully saturated rings. The van der Waals surface area contributed by atoms with Gasteiger partial charge >= 0.3 is 0 Å². The molecule has 6 nitrogen and oxygen atoms in total. The fourth-order valence-electron chi connectivity index (χ4n) is 2.50. The lowest BCUT2D eigenvalue weighted by Gasteiger charge is -2.24. The lowest BCUT2D eigenvalue weighted by molar-refractivity contribution is -0.127. The Balaban J connectivity index is 1.45. The molecule has 1 amide bonds. The zero-order valence-electron chi connectivity index (χ0n) is 12.3. The van der Waals surface area contributed by atoms with Crippen molar-refractivity contribution in [2.75, 3.05) is 18.4 Å². The number of carbonyl (C=O) groups is 1. The third-order valence-corrected chi connectivity index (χ3v) is 3.93. The normalized spacial score (nSPS) is 14.9. The topological polar surface area (TPSA) is 71.3 Å². The second-order valence-electron chi connectivity index (χ2n) is 5.59. The van der Waals surface area contributed by atoms with Gasteiger partial charge in [0.1, 0.15) is 5.52 Å². The van der Waals surface area contributed by atoms with Crippen LogP contribution in [-0.4, -0.2) is 33.6 Å². The van der Waals surface area contributed by atoms with Crippen molar-refractivity contribution in [2.24, 2.45) is 5.92 Å². The van der Waals surface area contributed by atoms with Crippen molar-refractivity contribution in [2.45, 2.75) is 32.6 Å². The molecule has 21 heavy (non-hydrogen) atoms. The standard InChI is InChI=1S/C15H21N5O/c1-11-10-13-14(17-8-9-20(13)19-11)16-6-3-7-18-15(21)12-4-2-5-12/h8-10,12H,2-7H2,1H3,(H,16,17)(H,18,21). The van der Waals surface area contributed by atoms with Crippen molar-refractivity contribution >= 4 is 17.2 Å². The zero-order chi connectivity index (χ0) is 14.7. The average molecular weight is 287 g/mol. The molecule has 2 N–H and O–H groups in total.